The van der Waals surface area contributed by atoms with Gasteiger partial charge in [-0.25, -0.2) is 0 Å². The van der Waals surface area contributed by atoms with Crippen LogP contribution in [0.2, 0.25) is 0 Å². The summed E-state index contributed by atoms with van der Waals surface area (Å²) in [5, 5.41) is 2.55. The van der Waals surface area contributed by atoms with Crippen LogP contribution in [-0.2, 0) is 4.79 Å². The molecule has 0 aliphatic heterocycles. The minimum absolute atomic E-state index is 0.669. The lowest BCUT2D eigenvalue weighted by atomic mass is 10.1. The highest BCUT2D eigenvalue weighted by atomic mass is 32.2. The summed E-state index contributed by atoms with van der Waals surface area (Å²) in [7, 11) is 0. The van der Waals surface area contributed by atoms with Gasteiger partial charge in [-0.15, -0.1) is 28.4 Å². The molecule has 0 radical (unpaired) electrons. The summed E-state index contributed by atoms with van der Waals surface area (Å²) in [6.07, 6.45) is 5.48. The number of carbonyl (C=O) groups is 1. The maximum absolute atomic E-state index is 11.7. The van der Waals surface area contributed by atoms with Gasteiger partial charge in [-0.05, 0) is 43.9 Å². The zero-order valence-electron chi connectivity index (χ0n) is 12.6. The molecule has 4 nitrogen and oxygen atoms in total. The minimum atomic E-state index is -0.906. The van der Waals surface area contributed by atoms with Crippen molar-refractivity contribution in [1.29, 1.82) is 0 Å². The molecule has 0 atom stereocenters. The van der Waals surface area contributed by atoms with E-state index in [2.05, 4.69) is 10.2 Å². The Bertz CT molecular complexity index is 685. The molecule has 0 spiro atoms. The number of hydrogen-bond donors (Lipinski definition) is 0. The number of hydrogen-bond acceptors (Lipinski definition) is 5. The summed E-state index contributed by atoms with van der Waals surface area (Å²) in [6.45, 7) is 3.39. The molecule has 0 fully saturated rings. The first-order valence-corrected chi connectivity index (χ1v) is 8.67. The summed E-state index contributed by atoms with van der Waals surface area (Å²) in [5.74, 6) is -0.669. The van der Waals surface area contributed by atoms with Gasteiger partial charge in [-0.1, -0.05) is 12.1 Å². The normalized spacial score (nSPS) is 11.2. The lowest BCUT2D eigenvalue weighted by molar-refractivity contribution is -0.119. The Hall–Kier alpha value is -1.66. The Morgan fingerprint density at radius 3 is 2.45 bits per heavy atom. The monoisotopic (exact) mass is 332 g/mol. The molecule has 0 saturated heterocycles. The maximum atomic E-state index is 11.7. The molecule has 1 amide bonds. The van der Waals surface area contributed by atoms with Crippen LogP contribution in [0.5, 0.6) is 0 Å². The van der Waals surface area contributed by atoms with Crippen molar-refractivity contribution < 1.29 is 4.79 Å². The smallest absolute Gasteiger partial charge is 0.267 e. The van der Waals surface area contributed by atoms with Crippen molar-refractivity contribution in [1.82, 2.24) is 4.98 Å². The van der Waals surface area contributed by atoms with Crippen molar-refractivity contribution in [3.05, 3.63) is 47.6 Å². The molecule has 0 N–H and O–H groups in total. The number of amides is 1. The predicted octanol–water partition coefficient (Wildman–Crippen LogP) is 4.63. The van der Waals surface area contributed by atoms with E-state index in [0.717, 1.165) is 16.0 Å². The van der Waals surface area contributed by atoms with Crippen LogP contribution >= 0.6 is 23.5 Å². The summed E-state index contributed by atoms with van der Waals surface area (Å²) < 4.78 is -0.906. The number of nitrogens with zero attached hydrogens (tertiary/aromatic N) is 2. The van der Waals surface area contributed by atoms with Crippen molar-refractivity contribution in [3.8, 4) is 11.1 Å². The standard InChI is InChI=1S/C16H16N2O2S2/c1-16(2,15(19)18-20)22-14-8-9-17-10-13(14)11-4-6-12(21-3)7-5-11/h4-10H,1-3H3. The predicted molar refractivity (Wildman–Crippen MR) is 92.2 cm³/mol. The number of thioether (sulfide) groups is 2. The van der Waals surface area contributed by atoms with E-state index >= 15 is 0 Å². The fourth-order valence-corrected chi connectivity index (χ4v) is 3.38. The van der Waals surface area contributed by atoms with Gasteiger partial charge in [-0.2, -0.15) is 0 Å². The van der Waals surface area contributed by atoms with Gasteiger partial charge in [0.15, 0.2) is 0 Å². The molecule has 2 rings (SSSR count). The first-order chi connectivity index (χ1) is 10.5. The quantitative estimate of drug-likeness (QED) is 0.590. The van der Waals surface area contributed by atoms with E-state index in [1.54, 1.807) is 38.0 Å². The largest absolute Gasteiger partial charge is 0.302 e. The van der Waals surface area contributed by atoms with Crippen LogP contribution < -0.4 is 0 Å². The Morgan fingerprint density at radius 1 is 1.18 bits per heavy atom. The molecule has 1 heterocycles. The van der Waals surface area contributed by atoms with Crippen molar-refractivity contribution in [2.75, 3.05) is 6.26 Å². The third-order valence-electron chi connectivity index (χ3n) is 3.15. The van der Waals surface area contributed by atoms with Crippen LogP contribution in [0.4, 0.5) is 0 Å². The molecule has 0 bridgehead atoms. The molecule has 1 aromatic carbocycles. The van der Waals surface area contributed by atoms with E-state index in [9.17, 15) is 9.70 Å². The van der Waals surface area contributed by atoms with Crippen LogP contribution in [0.15, 0.2) is 57.7 Å². The minimum Gasteiger partial charge on any atom is -0.267 e. The van der Waals surface area contributed by atoms with Gasteiger partial charge in [0.2, 0.25) is 0 Å². The van der Waals surface area contributed by atoms with Gasteiger partial charge in [0.05, 0.1) is 4.75 Å². The highest BCUT2D eigenvalue weighted by Gasteiger charge is 2.31. The number of nitroso groups, excluding NO2 is 1. The Balaban J connectivity index is 2.38. The van der Waals surface area contributed by atoms with Gasteiger partial charge in [0, 0.05) is 32.9 Å². The first kappa shape index (κ1) is 16.7. The molecule has 6 heteroatoms. The van der Waals surface area contributed by atoms with Crippen LogP contribution in [0.25, 0.3) is 11.1 Å². The SMILES string of the molecule is CSc1ccc(-c2cnccc2SC(C)(C)C(=O)N=O)cc1. The molecule has 114 valence electrons. The second-order valence-corrected chi connectivity index (χ2v) is 7.65. The molecule has 2 aromatic rings. The molecule has 0 aliphatic rings. The van der Waals surface area contributed by atoms with Crippen molar-refractivity contribution >= 4 is 29.4 Å². The van der Waals surface area contributed by atoms with Crippen LogP contribution in [0, 0.1) is 4.91 Å². The maximum Gasteiger partial charge on any atom is 0.302 e. The zero-order valence-corrected chi connectivity index (χ0v) is 14.2. The van der Waals surface area contributed by atoms with E-state index in [1.165, 1.54) is 16.7 Å². The number of carbonyl (C=O) groups excluding carboxylic acids is 1. The van der Waals surface area contributed by atoms with Crippen molar-refractivity contribution in [2.45, 2.75) is 28.4 Å². The third kappa shape index (κ3) is 3.75. The average molecular weight is 332 g/mol. The van der Waals surface area contributed by atoms with Crippen LogP contribution in [-0.4, -0.2) is 21.9 Å². The Morgan fingerprint density at radius 2 is 1.86 bits per heavy atom. The molecular formula is C16H16N2O2S2. The number of pyridine rings is 1. The van der Waals surface area contributed by atoms with Gasteiger partial charge >= 0.3 is 5.91 Å². The van der Waals surface area contributed by atoms with Gasteiger partial charge in [0.25, 0.3) is 0 Å². The number of aromatic nitrogens is 1. The Kier molecular flexibility index (Phi) is 5.37. The average Bonchev–Trinajstić information content (AvgIpc) is 2.54. The zero-order chi connectivity index (χ0) is 16.2. The molecular weight excluding hydrogens is 316 g/mol. The summed E-state index contributed by atoms with van der Waals surface area (Å²) in [6, 6.07) is 10.00. The number of rotatable bonds is 5. The van der Waals surface area contributed by atoms with Crippen LogP contribution in [0.1, 0.15) is 13.8 Å². The van der Waals surface area contributed by atoms with E-state index in [4.69, 9.17) is 0 Å². The lowest BCUT2D eigenvalue weighted by Crippen LogP contribution is -2.25. The Labute approximate surface area is 138 Å². The number of benzene rings is 1. The molecule has 22 heavy (non-hydrogen) atoms. The molecule has 1 aromatic heterocycles. The van der Waals surface area contributed by atoms with E-state index in [0.29, 0.717) is 0 Å². The van der Waals surface area contributed by atoms with Gasteiger partial charge in [-0.3, -0.25) is 9.78 Å². The molecule has 0 unspecified atom stereocenters. The van der Waals surface area contributed by atoms with E-state index < -0.39 is 10.7 Å². The topological polar surface area (TPSA) is 59.4 Å². The van der Waals surface area contributed by atoms with Crippen molar-refractivity contribution in [3.63, 3.8) is 0 Å². The third-order valence-corrected chi connectivity index (χ3v) is 5.15. The molecule has 0 saturated carbocycles. The second-order valence-electron chi connectivity index (χ2n) is 5.11. The fourth-order valence-electron chi connectivity index (χ4n) is 1.89. The van der Waals surface area contributed by atoms with Gasteiger partial charge in [0.1, 0.15) is 0 Å². The van der Waals surface area contributed by atoms with Gasteiger partial charge < -0.3 is 0 Å². The summed E-state index contributed by atoms with van der Waals surface area (Å²) >= 11 is 3.00. The molecule has 0 aliphatic carbocycles. The van der Waals surface area contributed by atoms with Crippen LogP contribution in [0.3, 0.4) is 0 Å². The first-order valence-electron chi connectivity index (χ1n) is 6.63. The highest BCUT2D eigenvalue weighted by molar-refractivity contribution is 8.01. The van der Waals surface area contributed by atoms with Crippen molar-refractivity contribution in [2.24, 2.45) is 5.18 Å². The van der Waals surface area contributed by atoms with E-state index in [1.807, 2.05) is 36.6 Å². The fraction of sp³-hybridized carbons (Fsp3) is 0.250. The summed E-state index contributed by atoms with van der Waals surface area (Å²) in [5.41, 5.74) is 1.96. The van der Waals surface area contributed by atoms with E-state index in [-0.39, 0.29) is 0 Å². The lowest BCUT2D eigenvalue weighted by Gasteiger charge is -2.20. The second kappa shape index (κ2) is 7.07. The summed E-state index contributed by atoms with van der Waals surface area (Å²) in [4.78, 5) is 28.4. The highest BCUT2D eigenvalue weighted by Crippen LogP contribution is 2.39.